The van der Waals surface area contributed by atoms with Gasteiger partial charge >= 0.3 is 6.18 Å². The van der Waals surface area contributed by atoms with Gasteiger partial charge in [0.15, 0.2) is 5.60 Å². The average Bonchev–Trinajstić information content (AvgIpc) is 2.12. The van der Waals surface area contributed by atoms with Gasteiger partial charge in [0.2, 0.25) is 0 Å². The molecule has 0 amide bonds. The molecule has 1 N–H and O–H groups in total. The Balaban J connectivity index is 1.97. The summed E-state index contributed by atoms with van der Waals surface area (Å²) in [6, 6.07) is 0. The third-order valence-corrected chi connectivity index (χ3v) is 5.62. The van der Waals surface area contributed by atoms with Crippen molar-refractivity contribution < 1.29 is 18.3 Å². The molecule has 0 aromatic rings. The Morgan fingerprint density at radius 3 is 1.59 bits per heavy atom. The van der Waals surface area contributed by atoms with Gasteiger partial charge in [-0.3, -0.25) is 0 Å². The van der Waals surface area contributed by atoms with Gasteiger partial charge in [0.05, 0.1) is 0 Å². The summed E-state index contributed by atoms with van der Waals surface area (Å²) in [5.74, 6) is 1.28. The third-order valence-electron chi connectivity index (χ3n) is 5.62. The summed E-state index contributed by atoms with van der Waals surface area (Å²) in [5, 5.41) is 10.1. The quantitative estimate of drug-likeness (QED) is 0.752. The lowest BCUT2D eigenvalue weighted by Gasteiger charge is -2.61. The van der Waals surface area contributed by atoms with Gasteiger partial charge < -0.3 is 5.11 Å². The Kier molecular flexibility index (Phi) is 2.22. The number of alkyl halides is 3. The maximum absolute atomic E-state index is 13.1. The molecule has 1 atom stereocenters. The lowest BCUT2D eigenvalue weighted by atomic mass is 9.45. The summed E-state index contributed by atoms with van der Waals surface area (Å²) in [6.45, 7) is 1.00. The molecule has 1 nitrogen and oxygen atoms in total. The molecule has 4 rings (SSSR count). The Hall–Kier alpha value is -0.250. The summed E-state index contributed by atoms with van der Waals surface area (Å²) in [5.41, 5.74) is -3.39. The predicted octanol–water partition coefficient (Wildman–Crippen LogP) is 3.52. The van der Waals surface area contributed by atoms with E-state index in [1.54, 1.807) is 0 Å². The Bertz CT molecular complexity index is 297. The molecule has 4 bridgehead atoms. The molecule has 0 spiro atoms. The van der Waals surface area contributed by atoms with Crippen LogP contribution in [-0.4, -0.2) is 16.9 Å². The van der Waals surface area contributed by atoms with Gasteiger partial charge in [-0.25, -0.2) is 0 Å². The zero-order valence-corrected chi connectivity index (χ0v) is 10.1. The maximum atomic E-state index is 13.1. The first-order chi connectivity index (χ1) is 7.73. The van der Waals surface area contributed by atoms with E-state index in [1.807, 2.05) is 0 Å². The highest BCUT2D eigenvalue weighted by Gasteiger charge is 2.67. The summed E-state index contributed by atoms with van der Waals surface area (Å²) in [7, 11) is 0. The summed E-state index contributed by atoms with van der Waals surface area (Å²) >= 11 is 0. The van der Waals surface area contributed by atoms with Gasteiger partial charge in [-0.1, -0.05) is 0 Å². The first kappa shape index (κ1) is 11.8. The Labute approximate surface area is 99.4 Å². The van der Waals surface area contributed by atoms with Crippen molar-refractivity contribution in [2.45, 2.75) is 57.2 Å². The van der Waals surface area contributed by atoms with Crippen molar-refractivity contribution in [1.29, 1.82) is 0 Å². The minimum atomic E-state index is -4.50. The number of aliphatic hydroxyl groups is 1. The van der Waals surface area contributed by atoms with Crippen molar-refractivity contribution in [1.82, 2.24) is 0 Å². The summed E-state index contributed by atoms with van der Waals surface area (Å²) in [4.78, 5) is 0. The molecule has 4 fully saturated rings. The van der Waals surface area contributed by atoms with Crippen molar-refractivity contribution in [3.05, 3.63) is 0 Å². The van der Waals surface area contributed by atoms with Crippen molar-refractivity contribution in [2.24, 2.45) is 23.2 Å². The minimum Gasteiger partial charge on any atom is -0.380 e. The van der Waals surface area contributed by atoms with Gasteiger partial charge in [-0.15, -0.1) is 0 Å². The van der Waals surface area contributed by atoms with Crippen molar-refractivity contribution in [2.75, 3.05) is 0 Å². The van der Waals surface area contributed by atoms with E-state index in [2.05, 4.69) is 0 Å². The molecule has 4 heteroatoms. The smallest absolute Gasteiger partial charge is 0.380 e. The van der Waals surface area contributed by atoms with E-state index in [1.165, 1.54) is 0 Å². The number of hydrogen-bond donors (Lipinski definition) is 1. The van der Waals surface area contributed by atoms with Crippen LogP contribution >= 0.6 is 0 Å². The number of rotatable bonds is 1. The van der Waals surface area contributed by atoms with Crippen molar-refractivity contribution in [3.63, 3.8) is 0 Å². The highest BCUT2D eigenvalue weighted by atomic mass is 19.4. The Morgan fingerprint density at radius 1 is 0.941 bits per heavy atom. The highest BCUT2D eigenvalue weighted by molar-refractivity contribution is 5.10. The second-order valence-electron chi connectivity index (χ2n) is 6.77. The minimum absolute atomic E-state index is 0.426. The van der Waals surface area contributed by atoms with Gasteiger partial charge in [-0.05, 0) is 63.2 Å². The highest BCUT2D eigenvalue weighted by Crippen LogP contribution is 2.65. The van der Waals surface area contributed by atoms with Crippen molar-refractivity contribution in [3.8, 4) is 0 Å². The van der Waals surface area contributed by atoms with Crippen LogP contribution in [0.1, 0.15) is 45.4 Å². The molecule has 98 valence electrons. The van der Waals surface area contributed by atoms with Crippen LogP contribution in [0.2, 0.25) is 0 Å². The second-order valence-corrected chi connectivity index (χ2v) is 6.77. The van der Waals surface area contributed by atoms with Crippen molar-refractivity contribution >= 4 is 0 Å². The van der Waals surface area contributed by atoms with Gasteiger partial charge in [0.1, 0.15) is 0 Å². The van der Waals surface area contributed by atoms with Gasteiger partial charge in [-0.2, -0.15) is 13.2 Å². The molecule has 0 aromatic heterocycles. The lowest BCUT2D eigenvalue weighted by Crippen LogP contribution is -2.62. The largest absolute Gasteiger partial charge is 0.417 e. The molecule has 0 saturated heterocycles. The van der Waals surface area contributed by atoms with Crippen LogP contribution in [0.5, 0.6) is 0 Å². The fraction of sp³-hybridized carbons (Fsp3) is 1.00. The van der Waals surface area contributed by atoms with Crippen LogP contribution in [0.15, 0.2) is 0 Å². The average molecular weight is 248 g/mol. The number of hydrogen-bond acceptors (Lipinski definition) is 1. The SMILES string of the molecule is CC(O)(C(F)(F)F)C12CC3CC(CC(C3)C1)C2. The van der Waals surface area contributed by atoms with Crippen LogP contribution in [-0.2, 0) is 0 Å². The first-order valence-corrected chi connectivity index (χ1v) is 6.53. The van der Waals surface area contributed by atoms with Crippen LogP contribution in [0, 0.1) is 23.2 Å². The van der Waals surface area contributed by atoms with E-state index in [-0.39, 0.29) is 0 Å². The topological polar surface area (TPSA) is 20.2 Å². The fourth-order valence-corrected chi connectivity index (χ4v) is 5.01. The maximum Gasteiger partial charge on any atom is 0.417 e. The van der Waals surface area contributed by atoms with Gasteiger partial charge in [0.25, 0.3) is 0 Å². The monoisotopic (exact) mass is 248 g/mol. The fourth-order valence-electron chi connectivity index (χ4n) is 5.01. The summed E-state index contributed by atoms with van der Waals surface area (Å²) in [6.07, 6.45) is 0.495. The van der Waals surface area contributed by atoms with Crippen LogP contribution in [0.4, 0.5) is 13.2 Å². The van der Waals surface area contributed by atoms with Crippen LogP contribution in [0.3, 0.4) is 0 Å². The Morgan fingerprint density at radius 2 is 1.29 bits per heavy atom. The van der Waals surface area contributed by atoms with E-state index in [9.17, 15) is 18.3 Å². The molecule has 1 unspecified atom stereocenters. The molecular weight excluding hydrogens is 229 g/mol. The molecule has 0 radical (unpaired) electrons. The predicted molar refractivity (Wildman–Crippen MR) is 57.3 cm³/mol. The molecule has 4 saturated carbocycles. The molecular formula is C13H19F3O. The molecule has 4 aliphatic carbocycles. The third kappa shape index (κ3) is 1.49. The molecule has 0 heterocycles. The van der Waals surface area contributed by atoms with E-state index in [4.69, 9.17) is 0 Å². The van der Waals surface area contributed by atoms with E-state index in [0.717, 1.165) is 26.2 Å². The zero-order valence-electron chi connectivity index (χ0n) is 10.1. The summed E-state index contributed by atoms with van der Waals surface area (Å²) < 4.78 is 39.3. The standard InChI is InChI=1S/C13H19F3O/c1-11(17,13(14,15)16)12-5-8-2-9(6-12)4-10(3-8)7-12/h8-10,17H,2-7H2,1H3. The first-order valence-electron chi connectivity index (χ1n) is 6.53. The zero-order chi connectivity index (χ0) is 12.5. The lowest BCUT2D eigenvalue weighted by molar-refractivity contribution is -0.318. The number of halogens is 3. The van der Waals surface area contributed by atoms with E-state index >= 15 is 0 Å². The van der Waals surface area contributed by atoms with Crippen LogP contribution < -0.4 is 0 Å². The molecule has 0 aliphatic heterocycles. The molecule has 0 aromatic carbocycles. The van der Waals surface area contributed by atoms with E-state index < -0.39 is 17.2 Å². The van der Waals surface area contributed by atoms with E-state index in [0.29, 0.717) is 37.0 Å². The normalized spacial score (nSPS) is 48.2. The van der Waals surface area contributed by atoms with Crippen LogP contribution in [0.25, 0.3) is 0 Å². The van der Waals surface area contributed by atoms with Gasteiger partial charge in [0, 0.05) is 5.41 Å². The second kappa shape index (κ2) is 3.19. The molecule has 17 heavy (non-hydrogen) atoms. The molecule has 4 aliphatic rings.